The molecule has 5 nitrogen and oxygen atoms in total. The monoisotopic (exact) mass is 344 g/mol. The number of rotatable bonds is 5. The second-order valence-electron chi connectivity index (χ2n) is 5.89. The van der Waals surface area contributed by atoms with Gasteiger partial charge in [-0.25, -0.2) is 4.79 Å². The molecule has 0 unspecified atom stereocenters. The largest absolute Gasteiger partial charge is 0.481 e. The molecule has 0 aliphatic heterocycles. The molecule has 3 N–H and O–H groups in total. The van der Waals surface area contributed by atoms with E-state index in [-0.39, 0.29) is 13.0 Å². The molecule has 1 aromatic carbocycles. The molecule has 1 saturated carbocycles. The summed E-state index contributed by atoms with van der Waals surface area (Å²) >= 11 is 0. The summed E-state index contributed by atoms with van der Waals surface area (Å²) in [5.41, 5.74) is -0.816. The van der Waals surface area contributed by atoms with Crippen molar-refractivity contribution in [3.05, 3.63) is 35.4 Å². The molecule has 1 aromatic rings. The first kappa shape index (κ1) is 18.1. The fourth-order valence-corrected chi connectivity index (χ4v) is 2.99. The summed E-state index contributed by atoms with van der Waals surface area (Å²) in [5, 5.41) is 13.8. The highest BCUT2D eigenvalue weighted by Gasteiger charge is 2.38. The lowest BCUT2D eigenvalue weighted by Crippen LogP contribution is -2.48. The average molecular weight is 344 g/mol. The summed E-state index contributed by atoms with van der Waals surface area (Å²) in [6.07, 6.45) is -1.62. The van der Waals surface area contributed by atoms with Crippen molar-refractivity contribution in [2.45, 2.75) is 43.8 Å². The topological polar surface area (TPSA) is 78.4 Å². The number of benzene rings is 1. The molecule has 24 heavy (non-hydrogen) atoms. The van der Waals surface area contributed by atoms with Gasteiger partial charge >= 0.3 is 18.2 Å². The molecular weight excluding hydrogens is 325 g/mol. The molecule has 132 valence electrons. The van der Waals surface area contributed by atoms with Crippen molar-refractivity contribution in [1.82, 2.24) is 10.6 Å². The number of nitrogens with one attached hydrogen (secondary N) is 2. The Morgan fingerprint density at radius 2 is 1.71 bits per heavy atom. The van der Waals surface area contributed by atoms with E-state index >= 15 is 0 Å². The SMILES string of the molecule is O=C(O)CCNC(=O)NC1(c2ccc(C(F)(F)F)cc2)CCCC1. The fourth-order valence-electron chi connectivity index (χ4n) is 2.99. The van der Waals surface area contributed by atoms with Crippen LogP contribution in [0.3, 0.4) is 0 Å². The Labute approximate surface area is 137 Å². The van der Waals surface area contributed by atoms with Gasteiger partial charge in [-0.3, -0.25) is 4.79 Å². The van der Waals surface area contributed by atoms with Crippen molar-refractivity contribution < 1.29 is 27.9 Å². The van der Waals surface area contributed by atoms with Crippen LogP contribution in [0.25, 0.3) is 0 Å². The first-order valence-electron chi connectivity index (χ1n) is 7.68. The standard InChI is InChI=1S/C16H19F3N2O3/c17-16(18,19)12-5-3-11(4-6-12)15(8-1-2-9-15)21-14(24)20-10-7-13(22)23/h3-6H,1-2,7-10H2,(H,22,23)(H2,20,21,24). The molecule has 1 aliphatic carbocycles. The van der Waals surface area contributed by atoms with Gasteiger partial charge in [0.05, 0.1) is 17.5 Å². The van der Waals surface area contributed by atoms with Crippen LogP contribution < -0.4 is 10.6 Å². The molecular formula is C16H19F3N2O3. The summed E-state index contributed by atoms with van der Waals surface area (Å²) in [6, 6.07) is 4.30. The molecule has 2 rings (SSSR count). The fraction of sp³-hybridized carbons (Fsp3) is 0.500. The van der Waals surface area contributed by atoms with Crippen LogP contribution in [0, 0.1) is 0 Å². The van der Waals surface area contributed by atoms with Gasteiger partial charge in [0, 0.05) is 6.54 Å². The number of carboxylic acid groups (broad SMARTS) is 1. The summed E-state index contributed by atoms with van der Waals surface area (Å²) in [4.78, 5) is 22.4. The van der Waals surface area contributed by atoms with Gasteiger partial charge in [-0.05, 0) is 30.5 Å². The third kappa shape index (κ3) is 4.39. The third-order valence-electron chi connectivity index (χ3n) is 4.20. The van der Waals surface area contributed by atoms with Crippen LogP contribution in [0.4, 0.5) is 18.0 Å². The van der Waals surface area contributed by atoms with Gasteiger partial charge in [0.2, 0.25) is 0 Å². The second-order valence-corrected chi connectivity index (χ2v) is 5.89. The number of alkyl halides is 3. The van der Waals surface area contributed by atoms with Crippen molar-refractivity contribution in [2.24, 2.45) is 0 Å². The number of aliphatic carboxylic acids is 1. The summed E-state index contributed by atoms with van der Waals surface area (Å²) in [6.45, 7) is -0.00966. The van der Waals surface area contributed by atoms with Crippen LogP contribution in [0.1, 0.15) is 43.2 Å². The normalized spacial score (nSPS) is 16.6. The minimum atomic E-state index is -4.40. The highest BCUT2D eigenvalue weighted by molar-refractivity contribution is 5.76. The first-order chi connectivity index (χ1) is 11.2. The van der Waals surface area contributed by atoms with E-state index < -0.39 is 29.3 Å². The van der Waals surface area contributed by atoms with Crippen LogP contribution in [-0.4, -0.2) is 23.7 Å². The molecule has 0 heterocycles. The van der Waals surface area contributed by atoms with Crippen LogP contribution in [-0.2, 0) is 16.5 Å². The van der Waals surface area contributed by atoms with E-state index in [1.165, 1.54) is 12.1 Å². The molecule has 0 saturated heterocycles. The predicted molar refractivity (Wildman–Crippen MR) is 80.4 cm³/mol. The number of carbonyl (C=O) groups excluding carboxylic acids is 1. The lowest BCUT2D eigenvalue weighted by atomic mass is 9.87. The second kappa shape index (κ2) is 7.11. The van der Waals surface area contributed by atoms with Gasteiger partial charge in [0.25, 0.3) is 0 Å². The maximum atomic E-state index is 12.7. The van der Waals surface area contributed by atoms with Gasteiger partial charge < -0.3 is 15.7 Å². The Morgan fingerprint density at radius 3 is 2.21 bits per heavy atom. The van der Waals surface area contributed by atoms with Crippen molar-refractivity contribution in [3.63, 3.8) is 0 Å². The van der Waals surface area contributed by atoms with Gasteiger partial charge in [0.15, 0.2) is 0 Å². The Balaban J connectivity index is 2.10. The van der Waals surface area contributed by atoms with E-state index in [2.05, 4.69) is 10.6 Å². The van der Waals surface area contributed by atoms with E-state index in [4.69, 9.17) is 5.11 Å². The number of hydrogen-bond donors (Lipinski definition) is 3. The zero-order valence-electron chi connectivity index (χ0n) is 12.9. The number of carbonyl (C=O) groups is 2. The Kier molecular flexibility index (Phi) is 5.36. The van der Waals surface area contributed by atoms with E-state index in [1.54, 1.807) is 0 Å². The number of amides is 2. The van der Waals surface area contributed by atoms with E-state index in [9.17, 15) is 22.8 Å². The average Bonchev–Trinajstić information content (AvgIpc) is 2.95. The smallest absolute Gasteiger partial charge is 0.416 e. The number of urea groups is 1. The van der Waals surface area contributed by atoms with Crippen LogP contribution in [0.2, 0.25) is 0 Å². The summed E-state index contributed by atoms with van der Waals surface area (Å²) in [7, 11) is 0. The molecule has 0 spiro atoms. The number of hydrogen-bond acceptors (Lipinski definition) is 2. The van der Waals surface area contributed by atoms with Crippen molar-refractivity contribution in [1.29, 1.82) is 0 Å². The summed E-state index contributed by atoms with van der Waals surface area (Å²) in [5.74, 6) is -1.02. The number of halogens is 3. The highest BCUT2D eigenvalue weighted by atomic mass is 19.4. The lowest BCUT2D eigenvalue weighted by Gasteiger charge is -2.31. The molecule has 0 bridgehead atoms. The van der Waals surface area contributed by atoms with Crippen molar-refractivity contribution in [3.8, 4) is 0 Å². The zero-order chi connectivity index (χ0) is 17.8. The van der Waals surface area contributed by atoms with Gasteiger partial charge in [0.1, 0.15) is 0 Å². The van der Waals surface area contributed by atoms with Crippen LogP contribution in [0.5, 0.6) is 0 Å². The van der Waals surface area contributed by atoms with Gasteiger partial charge in [-0.2, -0.15) is 13.2 Å². The quantitative estimate of drug-likeness (QED) is 0.767. The first-order valence-corrected chi connectivity index (χ1v) is 7.68. The maximum Gasteiger partial charge on any atom is 0.416 e. The molecule has 2 amide bonds. The highest BCUT2D eigenvalue weighted by Crippen LogP contribution is 2.39. The van der Waals surface area contributed by atoms with Gasteiger partial charge in [-0.1, -0.05) is 25.0 Å². The van der Waals surface area contributed by atoms with Crippen LogP contribution >= 0.6 is 0 Å². The minimum Gasteiger partial charge on any atom is -0.481 e. The van der Waals surface area contributed by atoms with Gasteiger partial charge in [-0.15, -0.1) is 0 Å². The molecule has 0 radical (unpaired) electrons. The third-order valence-corrected chi connectivity index (χ3v) is 4.20. The molecule has 8 heteroatoms. The van der Waals surface area contributed by atoms with E-state index in [0.29, 0.717) is 18.4 Å². The Morgan fingerprint density at radius 1 is 1.12 bits per heavy atom. The molecule has 1 aliphatic rings. The maximum absolute atomic E-state index is 12.7. The Bertz CT molecular complexity index is 594. The van der Waals surface area contributed by atoms with E-state index in [1.807, 2.05) is 0 Å². The lowest BCUT2D eigenvalue weighted by molar-refractivity contribution is -0.138. The Hall–Kier alpha value is -2.25. The van der Waals surface area contributed by atoms with Crippen molar-refractivity contribution in [2.75, 3.05) is 6.54 Å². The van der Waals surface area contributed by atoms with Crippen LogP contribution in [0.15, 0.2) is 24.3 Å². The van der Waals surface area contributed by atoms with E-state index in [0.717, 1.165) is 25.0 Å². The summed E-state index contributed by atoms with van der Waals surface area (Å²) < 4.78 is 38.0. The zero-order valence-corrected chi connectivity index (χ0v) is 12.9. The minimum absolute atomic E-state index is 0.00966. The van der Waals surface area contributed by atoms with Crippen molar-refractivity contribution >= 4 is 12.0 Å². The number of carboxylic acids is 1. The predicted octanol–water partition coefficient (Wildman–Crippen LogP) is 3.25. The molecule has 1 fully saturated rings. The molecule has 0 atom stereocenters. The molecule has 0 aromatic heterocycles.